The molecule has 1 aliphatic rings. The van der Waals surface area contributed by atoms with Gasteiger partial charge in [-0.05, 0) is 54.8 Å². The Labute approximate surface area is 210 Å². The van der Waals surface area contributed by atoms with Crippen molar-refractivity contribution in [2.75, 3.05) is 29.9 Å². The number of hydrogen-bond acceptors (Lipinski definition) is 7. The van der Waals surface area contributed by atoms with E-state index in [1.807, 2.05) is 19.2 Å². The van der Waals surface area contributed by atoms with Crippen molar-refractivity contribution in [3.05, 3.63) is 63.6 Å². The number of carbonyl (C=O) groups excluding carboxylic acids is 3. The number of nitrogens with one attached hydrogen (secondary N) is 2. The molecule has 2 aromatic carbocycles. The van der Waals surface area contributed by atoms with E-state index in [-0.39, 0.29) is 48.2 Å². The van der Waals surface area contributed by atoms with Gasteiger partial charge in [-0.15, -0.1) is 0 Å². The number of nitrogens with zero attached hydrogens (tertiary/aromatic N) is 1. The van der Waals surface area contributed by atoms with Crippen molar-refractivity contribution in [3.8, 4) is 0 Å². The van der Waals surface area contributed by atoms with Crippen LogP contribution in [0.3, 0.4) is 0 Å². The summed E-state index contributed by atoms with van der Waals surface area (Å²) in [7, 11) is 0. The smallest absolute Gasteiger partial charge is 0.414 e. The highest BCUT2D eigenvalue weighted by molar-refractivity contribution is 5.92. The molecule has 198 valence electrons. The Morgan fingerprint density at radius 3 is 2.46 bits per heavy atom. The van der Waals surface area contributed by atoms with Crippen molar-refractivity contribution in [3.63, 3.8) is 0 Å². The third kappa shape index (κ3) is 6.57. The monoisotopic (exact) mass is 521 g/mol. The van der Waals surface area contributed by atoms with E-state index in [9.17, 15) is 32.3 Å². The van der Waals surface area contributed by atoms with Gasteiger partial charge in [0, 0.05) is 0 Å². The van der Waals surface area contributed by atoms with Crippen LogP contribution in [0.25, 0.3) is 0 Å². The Morgan fingerprint density at radius 1 is 1.14 bits per heavy atom. The van der Waals surface area contributed by atoms with Gasteiger partial charge in [0.1, 0.15) is 11.9 Å². The molecule has 0 saturated carbocycles. The predicted octanol–water partition coefficient (Wildman–Crippen LogP) is 3.94. The van der Waals surface area contributed by atoms with E-state index in [0.29, 0.717) is 5.56 Å². The minimum atomic E-state index is -3.20. The molecule has 12 heteroatoms. The number of esters is 1. The molecule has 9 nitrogen and oxygen atoms in total. The van der Waals surface area contributed by atoms with E-state index < -0.39 is 41.7 Å². The van der Waals surface area contributed by atoms with E-state index in [1.165, 1.54) is 30.3 Å². The number of alkyl halides is 2. The lowest BCUT2D eigenvalue weighted by Gasteiger charge is -2.15. The van der Waals surface area contributed by atoms with Gasteiger partial charge < -0.3 is 20.1 Å². The lowest BCUT2D eigenvalue weighted by Crippen LogP contribution is -2.37. The summed E-state index contributed by atoms with van der Waals surface area (Å²) in [5.41, 5.74) is 0.315. The second kappa shape index (κ2) is 11.8. The van der Waals surface area contributed by atoms with Gasteiger partial charge in [0.25, 0.3) is 5.91 Å². The Kier molecular flexibility index (Phi) is 8.74. The van der Waals surface area contributed by atoms with Crippen LogP contribution in [0.15, 0.2) is 41.2 Å². The molecule has 1 fully saturated rings. The van der Waals surface area contributed by atoms with E-state index >= 15 is 0 Å². The predicted molar refractivity (Wildman–Crippen MR) is 129 cm³/mol. The van der Waals surface area contributed by atoms with Gasteiger partial charge in [0.15, 0.2) is 0 Å². The Hall–Kier alpha value is -4.09. The number of anilines is 3. The number of carbonyl (C=O) groups is 3. The van der Waals surface area contributed by atoms with Crippen LogP contribution in [0.1, 0.15) is 42.6 Å². The standard InChI is InChI=1S/C25H26F3N3O6/c1-4-36-24(34)16-6-8-20(21(32)10-17(16)13(2)3)30-19-7-5-14(9-18(19)26)31-12-15(37-25(31)35)11-29-23(33)22(27)28/h5-10,13,15,22H,4,11-12H2,1-3H3,(H,29,33)(H,30,32)/t15-/m0/s1. The van der Waals surface area contributed by atoms with Crippen molar-refractivity contribution < 1.29 is 37.0 Å². The van der Waals surface area contributed by atoms with Crippen molar-refractivity contribution in [1.82, 2.24) is 5.32 Å². The van der Waals surface area contributed by atoms with Crippen LogP contribution in [-0.4, -0.2) is 50.2 Å². The lowest BCUT2D eigenvalue weighted by molar-refractivity contribution is -0.132. The average molecular weight is 521 g/mol. The maximum absolute atomic E-state index is 14.9. The molecule has 0 radical (unpaired) electrons. The second-order valence-corrected chi connectivity index (χ2v) is 8.45. The van der Waals surface area contributed by atoms with Crippen LogP contribution in [0, 0.1) is 5.82 Å². The molecular weight excluding hydrogens is 495 g/mol. The Morgan fingerprint density at radius 2 is 1.84 bits per heavy atom. The van der Waals surface area contributed by atoms with Crippen molar-refractivity contribution in [2.45, 2.75) is 39.2 Å². The number of hydrogen-bond donors (Lipinski definition) is 2. The van der Waals surface area contributed by atoms with Gasteiger partial charge >= 0.3 is 18.5 Å². The molecule has 3 rings (SSSR count). The summed E-state index contributed by atoms with van der Waals surface area (Å²) in [6.07, 6.45) is -4.93. The maximum atomic E-state index is 14.9. The highest BCUT2D eigenvalue weighted by Crippen LogP contribution is 2.28. The van der Waals surface area contributed by atoms with Crippen LogP contribution in [-0.2, 0) is 14.3 Å². The van der Waals surface area contributed by atoms with Gasteiger partial charge in [0.05, 0.1) is 42.3 Å². The van der Waals surface area contributed by atoms with Crippen LogP contribution in [0.4, 0.5) is 35.0 Å². The molecule has 0 spiro atoms. The summed E-state index contributed by atoms with van der Waals surface area (Å²) >= 11 is 0. The first kappa shape index (κ1) is 27.5. The van der Waals surface area contributed by atoms with E-state index in [2.05, 4.69) is 5.32 Å². The summed E-state index contributed by atoms with van der Waals surface area (Å²) in [4.78, 5) is 49.5. The lowest BCUT2D eigenvalue weighted by atomic mass is 10.00. The van der Waals surface area contributed by atoms with E-state index in [4.69, 9.17) is 9.47 Å². The molecule has 0 bridgehead atoms. The maximum Gasteiger partial charge on any atom is 0.414 e. The van der Waals surface area contributed by atoms with Crippen LogP contribution >= 0.6 is 0 Å². The van der Waals surface area contributed by atoms with Crippen molar-refractivity contribution in [1.29, 1.82) is 0 Å². The summed E-state index contributed by atoms with van der Waals surface area (Å²) in [6.45, 7) is 5.06. The summed E-state index contributed by atoms with van der Waals surface area (Å²) < 4.78 is 49.7. The van der Waals surface area contributed by atoms with Gasteiger partial charge in [-0.1, -0.05) is 13.8 Å². The third-order valence-electron chi connectivity index (χ3n) is 5.51. The first-order valence-corrected chi connectivity index (χ1v) is 11.5. The van der Waals surface area contributed by atoms with Crippen LogP contribution in [0.2, 0.25) is 0 Å². The first-order valence-electron chi connectivity index (χ1n) is 11.5. The molecule has 0 aromatic heterocycles. The molecule has 0 aliphatic carbocycles. The highest BCUT2D eigenvalue weighted by atomic mass is 19.3. The number of halogens is 3. The van der Waals surface area contributed by atoms with Crippen molar-refractivity contribution >= 4 is 35.0 Å². The third-order valence-corrected chi connectivity index (χ3v) is 5.51. The van der Waals surface area contributed by atoms with Crippen LogP contribution in [0.5, 0.6) is 0 Å². The number of rotatable bonds is 9. The molecule has 0 unspecified atom stereocenters. The molecule has 2 N–H and O–H groups in total. The zero-order valence-corrected chi connectivity index (χ0v) is 20.3. The first-order chi connectivity index (χ1) is 17.5. The topological polar surface area (TPSA) is 114 Å². The number of amides is 2. The zero-order chi connectivity index (χ0) is 27.3. The summed E-state index contributed by atoms with van der Waals surface area (Å²) in [5, 5.41) is 4.68. The molecule has 1 atom stereocenters. The quantitative estimate of drug-likeness (QED) is 0.481. The van der Waals surface area contributed by atoms with E-state index in [0.717, 1.165) is 11.0 Å². The SMILES string of the molecule is CCOC(=O)c1ccc(Nc2ccc(N3C[C@H](CNC(=O)C(F)F)OC3=O)cc2F)c(=O)cc1C(C)C. The highest BCUT2D eigenvalue weighted by Gasteiger charge is 2.33. The Balaban J connectivity index is 1.80. The average Bonchev–Trinajstić information content (AvgIpc) is 3.13. The molecule has 2 aromatic rings. The molecular formula is C25H26F3N3O6. The minimum absolute atomic E-state index is 0.0134. The number of ether oxygens (including phenoxy) is 2. The fraction of sp³-hybridized carbons (Fsp3) is 0.360. The molecule has 2 amide bonds. The molecule has 1 aliphatic heterocycles. The minimum Gasteiger partial charge on any atom is -0.462 e. The second-order valence-electron chi connectivity index (χ2n) is 8.45. The van der Waals surface area contributed by atoms with Gasteiger partial charge in [0.2, 0.25) is 5.43 Å². The van der Waals surface area contributed by atoms with Gasteiger partial charge in [-0.2, -0.15) is 8.78 Å². The Bertz CT molecular complexity index is 1250. The van der Waals surface area contributed by atoms with Gasteiger partial charge in [-0.3, -0.25) is 14.5 Å². The largest absolute Gasteiger partial charge is 0.462 e. The number of cyclic esters (lactones) is 1. The normalized spacial score (nSPS) is 15.1. The van der Waals surface area contributed by atoms with Crippen molar-refractivity contribution in [2.24, 2.45) is 0 Å². The van der Waals surface area contributed by atoms with E-state index in [1.54, 1.807) is 6.92 Å². The van der Waals surface area contributed by atoms with Gasteiger partial charge in [-0.25, -0.2) is 14.0 Å². The molecule has 1 saturated heterocycles. The molecule has 1 heterocycles. The zero-order valence-electron chi connectivity index (χ0n) is 20.3. The summed E-state index contributed by atoms with van der Waals surface area (Å²) in [5.74, 6) is -3.01. The number of benzene rings is 1. The van der Waals surface area contributed by atoms with Crippen LogP contribution < -0.4 is 21.0 Å². The molecule has 37 heavy (non-hydrogen) atoms. The fourth-order valence-electron chi connectivity index (χ4n) is 3.67. The summed E-state index contributed by atoms with van der Waals surface area (Å²) in [6, 6.07) is 7.87. The fourth-order valence-corrected chi connectivity index (χ4v) is 3.67.